The number of aromatic nitrogens is 2. The van der Waals surface area contributed by atoms with Crippen molar-refractivity contribution < 1.29 is 0 Å². The molecule has 8 aromatic rings. The number of thiophene rings is 1. The highest BCUT2D eigenvalue weighted by Gasteiger charge is 2.28. The molecule has 9 rings (SSSR count). The van der Waals surface area contributed by atoms with Gasteiger partial charge in [0.1, 0.15) is 0 Å². The fourth-order valence-electron chi connectivity index (χ4n) is 6.51. The lowest BCUT2D eigenvalue weighted by Gasteiger charge is -2.12. The molecule has 0 saturated heterocycles. The second kappa shape index (κ2) is 9.59. The van der Waals surface area contributed by atoms with Crippen LogP contribution < -0.4 is 0 Å². The summed E-state index contributed by atoms with van der Waals surface area (Å²) in [6.45, 7) is 0. The van der Waals surface area contributed by atoms with Gasteiger partial charge in [-0.05, 0) is 50.7 Å². The summed E-state index contributed by atoms with van der Waals surface area (Å²) < 4.78 is 1.28. The first-order valence-corrected chi connectivity index (χ1v) is 15.3. The quantitative estimate of drug-likeness (QED) is 0.213. The molecule has 2 nitrogen and oxygen atoms in total. The van der Waals surface area contributed by atoms with Crippen molar-refractivity contribution in [2.75, 3.05) is 0 Å². The van der Waals surface area contributed by atoms with Gasteiger partial charge in [0.15, 0.2) is 5.82 Å². The summed E-state index contributed by atoms with van der Waals surface area (Å²) in [4.78, 5) is 11.7. The smallest absolute Gasteiger partial charge is 0.171 e. The standard InChI is InChI=1S/C40H24N2S/c1-3-13-25(14-4-1)34-24-35(26-15-5-2-6-16-26)42-40(41-34)39-36-32-22-12-11-20-30(32)29-19-9-10-21-31(29)33-23-27-17-7-8-18-28(27)38(43-39)37(33)36/h1-24H. The molecule has 0 aliphatic heterocycles. The fourth-order valence-corrected chi connectivity index (χ4v) is 7.82. The zero-order chi connectivity index (χ0) is 28.3. The SMILES string of the molecule is c1ccc(-c2cc(-c3ccccc3)nc(-c3sc4c5c(cc6ccccc64)-c4ccccc4-c4ccccc4-c35)n2)cc1. The molecule has 0 atom stereocenters. The molecule has 0 bridgehead atoms. The van der Waals surface area contributed by atoms with E-state index < -0.39 is 0 Å². The minimum Gasteiger partial charge on any atom is -0.227 e. The van der Waals surface area contributed by atoms with Crippen molar-refractivity contribution in [1.29, 1.82) is 0 Å². The summed E-state index contributed by atoms with van der Waals surface area (Å²) >= 11 is 1.82. The molecular formula is C40H24N2S. The van der Waals surface area contributed by atoms with Crippen molar-refractivity contribution in [3.8, 4) is 66.6 Å². The summed E-state index contributed by atoms with van der Waals surface area (Å²) in [5, 5.41) is 3.79. The highest BCUT2D eigenvalue weighted by atomic mass is 32.1. The molecule has 2 aromatic heterocycles. The van der Waals surface area contributed by atoms with Crippen LogP contribution in [0, 0.1) is 0 Å². The van der Waals surface area contributed by atoms with E-state index in [-0.39, 0.29) is 0 Å². The van der Waals surface area contributed by atoms with Crippen molar-refractivity contribution in [1.82, 2.24) is 9.97 Å². The molecule has 0 saturated carbocycles. The van der Waals surface area contributed by atoms with Crippen LogP contribution in [0.25, 0.3) is 87.5 Å². The van der Waals surface area contributed by atoms with Crippen LogP contribution in [0.2, 0.25) is 0 Å². The summed E-state index contributed by atoms with van der Waals surface area (Å²) in [5.41, 5.74) is 11.5. The summed E-state index contributed by atoms with van der Waals surface area (Å²) in [7, 11) is 0. The molecule has 3 heteroatoms. The average Bonchev–Trinajstić information content (AvgIpc) is 3.44. The lowest BCUT2D eigenvalue weighted by atomic mass is 9.93. The monoisotopic (exact) mass is 564 g/mol. The lowest BCUT2D eigenvalue weighted by molar-refractivity contribution is 1.19. The van der Waals surface area contributed by atoms with E-state index in [1.54, 1.807) is 0 Å². The maximum Gasteiger partial charge on any atom is 0.171 e. The molecule has 2 heterocycles. The molecule has 0 radical (unpaired) electrons. The van der Waals surface area contributed by atoms with E-state index in [1.165, 1.54) is 54.2 Å². The molecule has 0 unspecified atom stereocenters. The van der Waals surface area contributed by atoms with Crippen LogP contribution in [0.15, 0.2) is 146 Å². The Kier molecular flexibility index (Phi) is 5.40. The van der Waals surface area contributed by atoms with Gasteiger partial charge in [0, 0.05) is 26.8 Å². The third kappa shape index (κ3) is 3.79. The topological polar surface area (TPSA) is 25.8 Å². The van der Waals surface area contributed by atoms with Gasteiger partial charge in [-0.2, -0.15) is 0 Å². The zero-order valence-corrected chi connectivity index (χ0v) is 24.0. The Labute approximate surface area is 253 Å². The van der Waals surface area contributed by atoms with Crippen LogP contribution >= 0.6 is 11.3 Å². The van der Waals surface area contributed by atoms with Crippen molar-refractivity contribution >= 4 is 32.2 Å². The van der Waals surface area contributed by atoms with Crippen molar-refractivity contribution in [3.05, 3.63) is 146 Å². The first-order chi connectivity index (χ1) is 21.3. The van der Waals surface area contributed by atoms with Crippen LogP contribution in [0.1, 0.15) is 0 Å². The summed E-state index contributed by atoms with van der Waals surface area (Å²) in [5.74, 6) is 0.757. The maximum absolute atomic E-state index is 5.29. The molecule has 0 fully saturated rings. The summed E-state index contributed by atoms with van der Waals surface area (Å²) in [6.07, 6.45) is 0. The van der Waals surface area contributed by atoms with Gasteiger partial charge in [-0.15, -0.1) is 11.3 Å². The second-order valence-electron chi connectivity index (χ2n) is 10.9. The van der Waals surface area contributed by atoms with Gasteiger partial charge in [-0.1, -0.05) is 133 Å². The maximum atomic E-state index is 5.29. The predicted octanol–water partition coefficient (Wildman–Crippen LogP) is 11.2. The van der Waals surface area contributed by atoms with E-state index in [2.05, 4.69) is 133 Å². The molecular weight excluding hydrogens is 541 g/mol. The highest BCUT2D eigenvalue weighted by Crippen LogP contribution is 2.55. The minimum atomic E-state index is 0.757. The minimum absolute atomic E-state index is 0.757. The lowest BCUT2D eigenvalue weighted by Crippen LogP contribution is -1.96. The van der Waals surface area contributed by atoms with Gasteiger partial charge >= 0.3 is 0 Å². The largest absolute Gasteiger partial charge is 0.227 e. The fraction of sp³-hybridized carbons (Fsp3) is 0. The third-order valence-electron chi connectivity index (χ3n) is 8.45. The number of benzene rings is 6. The van der Waals surface area contributed by atoms with E-state index in [9.17, 15) is 0 Å². The molecule has 43 heavy (non-hydrogen) atoms. The van der Waals surface area contributed by atoms with E-state index in [0.29, 0.717) is 0 Å². The Morgan fingerprint density at radius 2 is 0.953 bits per heavy atom. The van der Waals surface area contributed by atoms with Crippen molar-refractivity contribution in [2.24, 2.45) is 0 Å². The third-order valence-corrected chi connectivity index (χ3v) is 9.67. The molecule has 200 valence electrons. The Hall–Kier alpha value is -5.38. The van der Waals surface area contributed by atoms with E-state index in [4.69, 9.17) is 9.97 Å². The molecule has 1 aliphatic carbocycles. The van der Waals surface area contributed by atoms with Crippen LogP contribution in [0.4, 0.5) is 0 Å². The van der Waals surface area contributed by atoms with Crippen LogP contribution in [-0.4, -0.2) is 9.97 Å². The van der Waals surface area contributed by atoms with E-state index in [1.807, 2.05) is 23.5 Å². The van der Waals surface area contributed by atoms with Crippen molar-refractivity contribution in [3.63, 3.8) is 0 Å². The molecule has 0 N–H and O–H groups in total. The molecule has 6 aromatic carbocycles. The Balaban J connectivity index is 1.44. The van der Waals surface area contributed by atoms with Crippen LogP contribution in [-0.2, 0) is 0 Å². The van der Waals surface area contributed by atoms with Gasteiger partial charge in [0.2, 0.25) is 0 Å². The average molecular weight is 565 g/mol. The first-order valence-electron chi connectivity index (χ1n) is 14.5. The second-order valence-corrected chi connectivity index (χ2v) is 12.0. The summed E-state index contributed by atoms with van der Waals surface area (Å²) in [6, 6.07) is 51.7. The number of fused-ring (bicyclic) bond motifs is 7. The molecule has 0 amide bonds. The van der Waals surface area contributed by atoms with Crippen molar-refractivity contribution in [2.45, 2.75) is 0 Å². The van der Waals surface area contributed by atoms with Gasteiger partial charge in [-0.25, -0.2) is 9.97 Å². The first kappa shape index (κ1) is 24.2. The molecule has 0 spiro atoms. The van der Waals surface area contributed by atoms with Crippen LogP contribution in [0.5, 0.6) is 0 Å². The number of nitrogens with zero attached hydrogens (tertiary/aromatic N) is 2. The molecule has 1 aliphatic rings. The van der Waals surface area contributed by atoms with Gasteiger partial charge in [0.05, 0.1) is 16.3 Å². The normalized spacial score (nSPS) is 11.7. The highest BCUT2D eigenvalue weighted by molar-refractivity contribution is 7.24. The number of hydrogen-bond donors (Lipinski definition) is 0. The number of hydrogen-bond acceptors (Lipinski definition) is 3. The van der Waals surface area contributed by atoms with E-state index >= 15 is 0 Å². The Morgan fingerprint density at radius 1 is 0.442 bits per heavy atom. The van der Waals surface area contributed by atoms with Gasteiger partial charge in [-0.3, -0.25) is 0 Å². The van der Waals surface area contributed by atoms with Gasteiger partial charge < -0.3 is 0 Å². The van der Waals surface area contributed by atoms with E-state index in [0.717, 1.165) is 33.2 Å². The predicted molar refractivity (Wildman–Crippen MR) is 181 cm³/mol. The number of rotatable bonds is 3. The Bertz CT molecular complexity index is 2280. The Morgan fingerprint density at radius 3 is 1.60 bits per heavy atom. The van der Waals surface area contributed by atoms with Gasteiger partial charge in [0.25, 0.3) is 0 Å². The van der Waals surface area contributed by atoms with Crippen LogP contribution in [0.3, 0.4) is 0 Å². The zero-order valence-electron chi connectivity index (χ0n) is 23.2.